The smallest absolute Gasteiger partial charge is 0.137 e. The van der Waals surface area contributed by atoms with Gasteiger partial charge in [0.15, 0.2) is 0 Å². The number of nitrogens with zero attached hydrogens (tertiary/aromatic N) is 2. The molecule has 2 rings (SSSR count). The molecule has 0 spiro atoms. The predicted octanol–water partition coefficient (Wildman–Crippen LogP) is 1.88. The van der Waals surface area contributed by atoms with Crippen LogP contribution >= 0.6 is 0 Å². The van der Waals surface area contributed by atoms with Crippen LogP contribution in [0, 0.1) is 6.92 Å². The lowest BCUT2D eigenvalue weighted by Crippen LogP contribution is -2.01. The summed E-state index contributed by atoms with van der Waals surface area (Å²) >= 11 is 0. The minimum Gasteiger partial charge on any atom is -0.495 e. The molecule has 0 amide bonds. The Morgan fingerprint density at radius 2 is 2.06 bits per heavy atom. The summed E-state index contributed by atoms with van der Waals surface area (Å²) in [5.74, 6) is 0.632. The molecule has 0 fully saturated rings. The average Bonchev–Trinajstić information content (AvgIpc) is 2.38. The summed E-state index contributed by atoms with van der Waals surface area (Å²) in [6.07, 6.45) is 4.21. The summed E-state index contributed by atoms with van der Waals surface area (Å²) in [5.41, 5.74) is 2.37. The summed E-state index contributed by atoms with van der Waals surface area (Å²) in [4.78, 5) is 8.12. The van der Waals surface area contributed by atoms with Crippen molar-refractivity contribution in [1.82, 2.24) is 9.97 Å². The lowest BCUT2D eigenvalue weighted by atomic mass is 10.0. The Hall–Kier alpha value is -1.94. The number of hydrogen-bond acceptors (Lipinski definition) is 4. The Morgan fingerprint density at radius 3 is 2.76 bits per heavy atom. The third-order valence-corrected chi connectivity index (χ3v) is 2.52. The monoisotopic (exact) mass is 230 g/mol. The van der Waals surface area contributed by atoms with Crippen molar-refractivity contribution >= 4 is 0 Å². The number of rotatable bonds is 3. The SMILES string of the molecule is COc1cncc(C(O)c2ccnc(C)c2)c1. The van der Waals surface area contributed by atoms with Gasteiger partial charge in [-0.2, -0.15) is 0 Å². The molecule has 0 aliphatic rings. The van der Waals surface area contributed by atoms with E-state index >= 15 is 0 Å². The van der Waals surface area contributed by atoms with Crippen LogP contribution in [0.25, 0.3) is 0 Å². The van der Waals surface area contributed by atoms with E-state index in [1.807, 2.05) is 13.0 Å². The molecule has 0 saturated carbocycles. The normalized spacial score (nSPS) is 12.2. The van der Waals surface area contributed by atoms with E-state index in [1.165, 1.54) is 0 Å². The van der Waals surface area contributed by atoms with E-state index in [-0.39, 0.29) is 0 Å². The molecule has 4 nitrogen and oxygen atoms in total. The second-order valence-electron chi connectivity index (χ2n) is 3.79. The third-order valence-electron chi connectivity index (χ3n) is 2.52. The molecule has 1 unspecified atom stereocenters. The zero-order valence-corrected chi connectivity index (χ0v) is 9.79. The minimum absolute atomic E-state index is 0.632. The molecule has 2 aromatic rings. The maximum atomic E-state index is 10.2. The first-order valence-corrected chi connectivity index (χ1v) is 5.30. The zero-order chi connectivity index (χ0) is 12.3. The summed E-state index contributed by atoms with van der Waals surface area (Å²) in [6.45, 7) is 1.89. The molecule has 4 heteroatoms. The van der Waals surface area contributed by atoms with Crippen molar-refractivity contribution in [3.05, 3.63) is 53.6 Å². The fourth-order valence-corrected chi connectivity index (χ4v) is 1.63. The van der Waals surface area contributed by atoms with Crippen molar-refractivity contribution < 1.29 is 9.84 Å². The number of aliphatic hydroxyl groups is 1. The Morgan fingerprint density at radius 1 is 1.24 bits per heavy atom. The number of hydrogen-bond donors (Lipinski definition) is 1. The van der Waals surface area contributed by atoms with Gasteiger partial charge in [0.1, 0.15) is 11.9 Å². The van der Waals surface area contributed by atoms with Crippen LogP contribution in [-0.2, 0) is 0 Å². The van der Waals surface area contributed by atoms with E-state index in [9.17, 15) is 5.11 Å². The molecule has 88 valence electrons. The van der Waals surface area contributed by atoms with Gasteiger partial charge >= 0.3 is 0 Å². The van der Waals surface area contributed by atoms with E-state index in [2.05, 4.69) is 9.97 Å². The number of ether oxygens (including phenoxy) is 1. The van der Waals surface area contributed by atoms with Crippen LogP contribution in [-0.4, -0.2) is 22.2 Å². The van der Waals surface area contributed by atoms with Gasteiger partial charge in [0.2, 0.25) is 0 Å². The van der Waals surface area contributed by atoms with Gasteiger partial charge in [-0.1, -0.05) is 0 Å². The molecule has 0 aliphatic heterocycles. The van der Waals surface area contributed by atoms with Gasteiger partial charge in [-0.05, 0) is 30.7 Å². The maximum Gasteiger partial charge on any atom is 0.137 e. The first kappa shape index (κ1) is 11.5. The topological polar surface area (TPSA) is 55.2 Å². The van der Waals surface area contributed by atoms with E-state index in [1.54, 1.807) is 37.8 Å². The van der Waals surface area contributed by atoms with Crippen LogP contribution in [0.15, 0.2) is 36.8 Å². The molecule has 1 atom stereocenters. The number of aryl methyl sites for hydroxylation is 1. The van der Waals surface area contributed by atoms with Gasteiger partial charge in [0.05, 0.1) is 13.3 Å². The summed E-state index contributed by atoms with van der Waals surface area (Å²) in [6, 6.07) is 5.41. The van der Waals surface area contributed by atoms with Crippen molar-refractivity contribution in [2.24, 2.45) is 0 Å². The van der Waals surface area contributed by atoms with Crippen LogP contribution in [0.3, 0.4) is 0 Å². The third kappa shape index (κ3) is 2.60. The van der Waals surface area contributed by atoms with Crippen molar-refractivity contribution in [2.45, 2.75) is 13.0 Å². The Balaban J connectivity index is 2.33. The first-order chi connectivity index (χ1) is 8.20. The van der Waals surface area contributed by atoms with Crippen LogP contribution in [0.2, 0.25) is 0 Å². The molecule has 0 radical (unpaired) electrons. The highest BCUT2D eigenvalue weighted by atomic mass is 16.5. The highest BCUT2D eigenvalue weighted by molar-refractivity contribution is 5.32. The van der Waals surface area contributed by atoms with E-state index in [4.69, 9.17) is 4.74 Å². The van der Waals surface area contributed by atoms with E-state index in [0.29, 0.717) is 11.3 Å². The molecular weight excluding hydrogens is 216 g/mol. The Labute approximate surface area is 99.9 Å². The number of pyridine rings is 2. The quantitative estimate of drug-likeness (QED) is 0.874. The second-order valence-corrected chi connectivity index (χ2v) is 3.79. The van der Waals surface area contributed by atoms with Crippen LogP contribution in [0.4, 0.5) is 0 Å². The molecular formula is C13H14N2O2. The average molecular weight is 230 g/mol. The lowest BCUT2D eigenvalue weighted by molar-refractivity contribution is 0.219. The number of methoxy groups -OCH3 is 1. The number of aliphatic hydroxyl groups excluding tert-OH is 1. The largest absolute Gasteiger partial charge is 0.495 e. The van der Waals surface area contributed by atoms with E-state index < -0.39 is 6.10 Å². The first-order valence-electron chi connectivity index (χ1n) is 5.30. The minimum atomic E-state index is -0.709. The molecule has 0 aromatic carbocycles. The molecule has 0 bridgehead atoms. The maximum absolute atomic E-state index is 10.2. The Kier molecular flexibility index (Phi) is 3.35. The van der Waals surface area contributed by atoms with Crippen molar-refractivity contribution in [2.75, 3.05) is 7.11 Å². The van der Waals surface area contributed by atoms with Gasteiger partial charge < -0.3 is 9.84 Å². The lowest BCUT2D eigenvalue weighted by Gasteiger charge is -2.12. The van der Waals surface area contributed by atoms with Crippen molar-refractivity contribution in [3.63, 3.8) is 0 Å². The highest BCUT2D eigenvalue weighted by Crippen LogP contribution is 2.23. The van der Waals surface area contributed by atoms with E-state index in [0.717, 1.165) is 11.3 Å². The van der Waals surface area contributed by atoms with Crippen molar-refractivity contribution in [1.29, 1.82) is 0 Å². The Bertz CT molecular complexity index is 514. The fourth-order valence-electron chi connectivity index (χ4n) is 1.63. The number of aromatic nitrogens is 2. The molecule has 0 saturated heterocycles. The molecule has 2 aromatic heterocycles. The molecule has 1 N–H and O–H groups in total. The van der Waals surface area contributed by atoms with Crippen LogP contribution in [0.5, 0.6) is 5.75 Å². The predicted molar refractivity (Wildman–Crippen MR) is 63.8 cm³/mol. The molecule has 0 aliphatic carbocycles. The summed E-state index contributed by atoms with van der Waals surface area (Å²) < 4.78 is 5.08. The molecule has 17 heavy (non-hydrogen) atoms. The van der Waals surface area contributed by atoms with Crippen molar-refractivity contribution in [3.8, 4) is 5.75 Å². The van der Waals surface area contributed by atoms with Gasteiger partial charge in [-0.15, -0.1) is 0 Å². The summed E-state index contributed by atoms with van der Waals surface area (Å²) in [5, 5.41) is 10.2. The van der Waals surface area contributed by atoms with Gasteiger partial charge in [-0.25, -0.2) is 0 Å². The van der Waals surface area contributed by atoms with Gasteiger partial charge in [-0.3, -0.25) is 9.97 Å². The zero-order valence-electron chi connectivity index (χ0n) is 9.79. The second kappa shape index (κ2) is 4.93. The highest BCUT2D eigenvalue weighted by Gasteiger charge is 2.11. The summed E-state index contributed by atoms with van der Waals surface area (Å²) in [7, 11) is 1.57. The molecule has 2 heterocycles. The van der Waals surface area contributed by atoms with Crippen LogP contribution < -0.4 is 4.74 Å². The van der Waals surface area contributed by atoms with Gasteiger partial charge in [0, 0.05) is 23.7 Å². The standard InChI is InChI=1S/C13H14N2O2/c1-9-5-10(3-4-15-9)13(16)11-6-12(17-2)8-14-7-11/h3-8,13,16H,1-2H3. The van der Waals surface area contributed by atoms with Gasteiger partial charge in [0.25, 0.3) is 0 Å². The van der Waals surface area contributed by atoms with Crippen LogP contribution in [0.1, 0.15) is 22.9 Å². The fraction of sp³-hybridized carbons (Fsp3) is 0.231.